The van der Waals surface area contributed by atoms with Gasteiger partial charge >= 0.3 is 0 Å². The monoisotopic (exact) mass is 246 g/mol. The van der Waals surface area contributed by atoms with Crippen LogP contribution in [0.3, 0.4) is 0 Å². The standard InChI is InChI=1S/C9H8BrClO/c1-6(5-11)7-3-2-4-8(10)9(7)12/h2-4,12H,1,5H2. The Morgan fingerprint density at radius 2 is 2.25 bits per heavy atom. The van der Waals surface area contributed by atoms with E-state index in [0.29, 0.717) is 15.9 Å². The summed E-state index contributed by atoms with van der Waals surface area (Å²) in [6.45, 7) is 3.73. The number of phenolic OH excluding ortho intramolecular Hbond substituents is 1. The smallest absolute Gasteiger partial charge is 0.137 e. The highest BCUT2D eigenvalue weighted by Crippen LogP contribution is 2.31. The second-order valence-corrected chi connectivity index (χ2v) is 3.49. The summed E-state index contributed by atoms with van der Waals surface area (Å²) in [5.41, 5.74) is 1.41. The van der Waals surface area contributed by atoms with Crippen molar-refractivity contribution in [3.63, 3.8) is 0 Å². The molecule has 0 aliphatic heterocycles. The summed E-state index contributed by atoms with van der Waals surface area (Å²) in [4.78, 5) is 0. The molecule has 1 aromatic carbocycles. The molecule has 1 nitrogen and oxygen atoms in total. The topological polar surface area (TPSA) is 20.2 Å². The third kappa shape index (κ3) is 1.82. The van der Waals surface area contributed by atoms with Gasteiger partial charge in [0.25, 0.3) is 0 Å². The van der Waals surface area contributed by atoms with E-state index < -0.39 is 0 Å². The number of halogens is 2. The first-order valence-electron chi connectivity index (χ1n) is 3.38. The largest absolute Gasteiger partial charge is 0.506 e. The van der Waals surface area contributed by atoms with Gasteiger partial charge < -0.3 is 5.11 Å². The number of allylic oxidation sites excluding steroid dienone is 1. The average molecular weight is 248 g/mol. The minimum atomic E-state index is 0.197. The molecule has 1 N–H and O–H groups in total. The van der Waals surface area contributed by atoms with Crippen molar-refractivity contribution in [3.05, 3.63) is 34.8 Å². The van der Waals surface area contributed by atoms with Gasteiger partial charge in [0.15, 0.2) is 0 Å². The number of hydrogen-bond acceptors (Lipinski definition) is 1. The van der Waals surface area contributed by atoms with Crippen LogP contribution in [0.15, 0.2) is 29.3 Å². The van der Waals surface area contributed by atoms with E-state index >= 15 is 0 Å². The first-order chi connectivity index (χ1) is 5.66. The lowest BCUT2D eigenvalue weighted by molar-refractivity contribution is 0.470. The van der Waals surface area contributed by atoms with Gasteiger partial charge in [0.1, 0.15) is 5.75 Å². The lowest BCUT2D eigenvalue weighted by Gasteiger charge is -2.05. The fourth-order valence-corrected chi connectivity index (χ4v) is 1.38. The Bertz CT molecular complexity index is 309. The molecule has 64 valence electrons. The van der Waals surface area contributed by atoms with Crippen molar-refractivity contribution < 1.29 is 5.11 Å². The summed E-state index contributed by atoms with van der Waals surface area (Å²) in [5, 5.41) is 9.53. The third-order valence-electron chi connectivity index (χ3n) is 1.53. The van der Waals surface area contributed by atoms with E-state index in [0.717, 1.165) is 5.57 Å². The molecule has 0 spiro atoms. The minimum absolute atomic E-state index is 0.197. The number of aromatic hydroxyl groups is 1. The van der Waals surface area contributed by atoms with Crippen molar-refractivity contribution in [3.8, 4) is 5.75 Å². The van der Waals surface area contributed by atoms with Crippen molar-refractivity contribution in [1.29, 1.82) is 0 Å². The molecule has 3 heteroatoms. The Morgan fingerprint density at radius 3 is 2.83 bits per heavy atom. The molecule has 0 heterocycles. The van der Waals surface area contributed by atoms with Crippen molar-refractivity contribution in [2.24, 2.45) is 0 Å². The maximum Gasteiger partial charge on any atom is 0.137 e. The molecule has 0 saturated heterocycles. The van der Waals surface area contributed by atoms with Gasteiger partial charge in [-0.2, -0.15) is 0 Å². The van der Waals surface area contributed by atoms with Crippen LogP contribution in [0.1, 0.15) is 5.56 Å². The van der Waals surface area contributed by atoms with Crippen LogP contribution in [0.2, 0.25) is 0 Å². The van der Waals surface area contributed by atoms with Crippen LogP contribution < -0.4 is 0 Å². The maximum atomic E-state index is 9.53. The van der Waals surface area contributed by atoms with Gasteiger partial charge in [0.05, 0.1) is 4.47 Å². The number of benzene rings is 1. The molecule has 0 aliphatic carbocycles. The molecular weight excluding hydrogens is 239 g/mol. The van der Waals surface area contributed by atoms with Crippen LogP contribution >= 0.6 is 27.5 Å². The number of phenols is 1. The van der Waals surface area contributed by atoms with Crippen LogP contribution in [-0.4, -0.2) is 11.0 Å². The van der Waals surface area contributed by atoms with E-state index in [2.05, 4.69) is 22.5 Å². The Hall–Kier alpha value is -0.470. The summed E-state index contributed by atoms with van der Waals surface area (Å²) in [6, 6.07) is 5.38. The van der Waals surface area contributed by atoms with Gasteiger partial charge in [-0.15, -0.1) is 11.6 Å². The second-order valence-electron chi connectivity index (χ2n) is 2.37. The predicted octanol–water partition coefficient (Wildman–Crippen LogP) is 3.41. The Labute approximate surface area is 84.8 Å². The van der Waals surface area contributed by atoms with E-state index in [-0.39, 0.29) is 5.75 Å². The zero-order valence-electron chi connectivity index (χ0n) is 6.35. The molecule has 0 fully saturated rings. The molecule has 1 aromatic rings. The highest BCUT2D eigenvalue weighted by atomic mass is 79.9. The van der Waals surface area contributed by atoms with Gasteiger partial charge in [-0.1, -0.05) is 18.7 Å². The molecule has 0 atom stereocenters. The van der Waals surface area contributed by atoms with Crippen LogP contribution in [0.5, 0.6) is 5.75 Å². The summed E-state index contributed by atoms with van der Waals surface area (Å²) in [7, 11) is 0. The van der Waals surface area contributed by atoms with E-state index in [1.807, 2.05) is 6.07 Å². The van der Waals surface area contributed by atoms with Crippen LogP contribution in [-0.2, 0) is 0 Å². The zero-order valence-corrected chi connectivity index (χ0v) is 8.69. The van der Waals surface area contributed by atoms with Crippen molar-refractivity contribution in [2.45, 2.75) is 0 Å². The highest BCUT2D eigenvalue weighted by molar-refractivity contribution is 9.10. The van der Waals surface area contributed by atoms with Crippen LogP contribution in [0.25, 0.3) is 5.57 Å². The molecule has 0 aromatic heterocycles. The number of hydrogen-bond donors (Lipinski definition) is 1. The van der Waals surface area contributed by atoms with Gasteiger partial charge in [-0.3, -0.25) is 0 Å². The Balaban J connectivity index is 3.16. The number of para-hydroxylation sites is 1. The Kier molecular flexibility index (Phi) is 3.18. The average Bonchev–Trinajstić information content (AvgIpc) is 2.08. The molecule has 0 unspecified atom stereocenters. The normalized spacial score (nSPS) is 9.83. The molecule has 0 saturated carbocycles. The quantitative estimate of drug-likeness (QED) is 0.794. The fourth-order valence-electron chi connectivity index (χ4n) is 0.873. The third-order valence-corrected chi connectivity index (χ3v) is 2.49. The molecule has 0 aliphatic rings. The summed E-state index contributed by atoms with van der Waals surface area (Å²) in [5.74, 6) is 0.521. The summed E-state index contributed by atoms with van der Waals surface area (Å²) >= 11 is 8.79. The summed E-state index contributed by atoms with van der Waals surface area (Å²) < 4.78 is 0.659. The van der Waals surface area contributed by atoms with Crippen molar-refractivity contribution >= 4 is 33.1 Å². The lowest BCUT2D eigenvalue weighted by atomic mass is 10.1. The van der Waals surface area contributed by atoms with Crippen LogP contribution in [0, 0.1) is 0 Å². The first-order valence-corrected chi connectivity index (χ1v) is 4.71. The van der Waals surface area contributed by atoms with Crippen molar-refractivity contribution in [2.75, 3.05) is 5.88 Å². The second kappa shape index (κ2) is 3.97. The minimum Gasteiger partial charge on any atom is -0.506 e. The predicted molar refractivity (Wildman–Crippen MR) is 55.6 cm³/mol. The summed E-state index contributed by atoms with van der Waals surface area (Å²) in [6.07, 6.45) is 0. The van der Waals surface area contributed by atoms with Crippen LogP contribution in [0.4, 0.5) is 0 Å². The van der Waals surface area contributed by atoms with Gasteiger partial charge in [-0.25, -0.2) is 0 Å². The van der Waals surface area contributed by atoms with E-state index in [1.54, 1.807) is 12.1 Å². The highest BCUT2D eigenvalue weighted by Gasteiger charge is 2.06. The molecule has 0 radical (unpaired) electrons. The lowest BCUT2D eigenvalue weighted by Crippen LogP contribution is -1.85. The maximum absolute atomic E-state index is 9.53. The van der Waals surface area contributed by atoms with E-state index in [4.69, 9.17) is 11.6 Å². The van der Waals surface area contributed by atoms with Gasteiger partial charge in [-0.05, 0) is 27.6 Å². The van der Waals surface area contributed by atoms with E-state index in [9.17, 15) is 5.11 Å². The molecule has 12 heavy (non-hydrogen) atoms. The van der Waals surface area contributed by atoms with Crippen molar-refractivity contribution in [1.82, 2.24) is 0 Å². The zero-order chi connectivity index (χ0) is 9.14. The van der Waals surface area contributed by atoms with Gasteiger partial charge in [0.2, 0.25) is 0 Å². The van der Waals surface area contributed by atoms with E-state index in [1.165, 1.54) is 0 Å². The molecule has 0 bridgehead atoms. The van der Waals surface area contributed by atoms with Gasteiger partial charge in [0, 0.05) is 11.4 Å². The fraction of sp³-hybridized carbons (Fsp3) is 0.111. The first kappa shape index (κ1) is 9.62. The number of rotatable bonds is 2. The number of alkyl halides is 1. The molecular formula is C9H8BrClO. The molecule has 1 rings (SSSR count). The Morgan fingerprint density at radius 1 is 1.58 bits per heavy atom. The SMILES string of the molecule is C=C(CCl)c1cccc(Br)c1O. The molecule has 0 amide bonds.